The molecule has 4 rings (SSSR count). The summed E-state index contributed by atoms with van der Waals surface area (Å²) in [5.74, 6) is 1.30. The van der Waals surface area contributed by atoms with Gasteiger partial charge in [0, 0.05) is 18.2 Å². The lowest BCUT2D eigenvalue weighted by Crippen LogP contribution is -2.15. The van der Waals surface area contributed by atoms with Crippen molar-refractivity contribution >= 4 is 11.0 Å². The van der Waals surface area contributed by atoms with E-state index in [4.69, 9.17) is 9.72 Å². The summed E-state index contributed by atoms with van der Waals surface area (Å²) in [4.78, 5) is 6.88. The van der Waals surface area contributed by atoms with Gasteiger partial charge in [0.15, 0.2) is 0 Å². The maximum Gasteiger partial charge on any atom is 0.416 e. The van der Waals surface area contributed by atoms with Crippen LogP contribution in [0.1, 0.15) is 23.1 Å². The van der Waals surface area contributed by atoms with E-state index < -0.39 is 11.7 Å². The number of alkyl halides is 3. The number of hydrogen-bond acceptors (Lipinski definition) is 3. The Hall–Kier alpha value is -3.32. The molecule has 0 aliphatic carbocycles. The predicted octanol–water partition coefficient (Wildman–Crippen LogP) is 6.41. The third kappa shape index (κ3) is 5.42. The van der Waals surface area contributed by atoms with Crippen LogP contribution < -0.4 is 4.74 Å². The van der Waals surface area contributed by atoms with Crippen LogP contribution in [0.2, 0.25) is 0 Å². The van der Waals surface area contributed by atoms with Gasteiger partial charge in [0.1, 0.15) is 11.6 Å². The van der Waals surface area contributed by atoms with E-state index in [1.54, 1.807) is 6.07 Å². The summed E-state index contributed by atoms with van der Waals surface area (Å²) in [6.07, 6.45) is -3.56. The van der Waals surface area contributed by atoms with E-state index >= 15 is 0 Å². The quantitative estimate of drug-likeness (QED) is 0.281. The van der Waals surface area contributed by atoms with Crippen LogP contribution in [0.5, 0.6) is 5.75 Å². The van der Waals surface area contributed by atoms with Gasteiger partial charge in [0.25, 0.3) is 0 Å². The van der Waals surface area contributed by atoms with E-state index in [9.17, 15) is 13.2 Å². The Morgan fingerprint density at radius 1 is 0.971 bits per heavy atom. The number of fused-ring (bicyclic) bond motifs is 1. The molecule has 1 heterocycles. The maximum absolute atomic E-state index is 13.7. The van der Waals surface area contributed by atoms with Gasteiger partial charge in [-0.25, -0.2) is 4.98 Å². The van der Waals surface area contributed by atoms with E-state index in [2.05, 4.69) is 4.90 Å². The van der Waals surface area contributed by atoms with Gasteiger partial charge in [-0.2, -0.15) is 13.2 Å². The van der Waals surface area contributed by atoms with Gasteiger partial charge >= 0.3 is 6.18 Å². The average Bonchev–Trinajstić information content (AvgIpc) is 3.14. The predicted molar refractivity (Wildman–Crippen MR) is 129 cm³/mol. The van der Waals surface area contributed by atoms with Crippen LogP contribution in [-0.2, 0) is 12.7 Å². The second-order valence-corrected chi connectivity index (χ2v) is 8.70. The normalized spacial score (nSPS) is 12.0. The summed E-state index contributed by atoms with van der Waals surface area (Å²) in [7, 11) is 4.02. The Morgan fingerprint density at radius 2 is 1.76 bits per heavy atom. The van der Waals surface area contributed by atoms with Gasteiger partial charge in [-0.15, -0.1) is 0 Å². The van der Waals surface area contributed by atoms with Crippen LogP contribution in [0.25, 0.3) is 22.4 Å². The van der Waals surface area contributed by atoms with E-state index in [1.807, 2.05) is 68.1 Å². The Kier molecular flexibility index (Phi) is 6.93. The van der Waals surface area contributed by atoms with Crippen LogP contribution in [0.4, 0.5) is 13.2 Å². The number of ether oxygens (including phenoxy) is 1. The van der Waals surface area contributed by atoms with Gasteiger partial charge < -0.3 is 14.2 Å². The Balaban J connectivity index is 1.78. The second-order valence-electron chi connectivity index (χ2n) is 8.70. The number of rotatable bonds is 8. The highest BCUT2D eigenvalue weighted by atomic mass is 19.4. The lowest BCUT2D eigenvalue weighted by Gasteiger charge is -2.16. The van der Waals surface area contributed by atoms with Crippen LogP contribution in [0, 0.1) is 6.92 Å². The zero-order valence-electron chi connectivity index (χ0n) is 19.6. The molecule has 3 aromatic carbocycles. The molecule has 0 amide bonds. The molecule has 0 N–H and O–H groups in total. The van der Waals surface area contributed by atoms with E-state index in [0.29, 0.717) is 23.7 Å². The average molecular weight is 468 g/mol. The molecular weight excluding hydrogens is 439 g/mol. The first kappa shape index (κ1) is 23.8. The molecule has 7 heteroatoms. The molecule has 4 aromatic rings. The lowest BCUT2D eigenvalue weighted by molar-refractivity contribution is -0.138. The molecule has 0 saturated carbocycles. The zero-order valence-corrected chi connectivity index (χ0v) is 19.6. The summed E-state index contributed by atoms with van der Waals surface area (Å²) >= 11 is 0. The van der Waals surface area contributed by atoms with Gasteiger partial charge in [-0.05, 0) is 57.3 Å². The minimum Gasteiger partial charge on any atom is -0.493 e. The highest BCUT2D eigenvalue weighted by molar-refractivity contribution is 5.82. The molecule has 0 spiro atoms. The zero-order chi connectivity index (χ0) is 24.3. The van der Waals surface area contributed by atoms with Gasteiger partial charge in [-0.3, -0.25) is 0 Å². The lowest BCUT2D eigenvalue weighted by atomic mass is 10.1. The molecule has 0 saturated heterocycles. The van der Waals surface area contributed by atoms with Crippen molar-refractivity contribution in [2.45, 2.75) is 26.1 Å². The van der Waals surface area contributed by atoms with Crippen LogP contribution >= 0.6 is 0 Å². The molecule has 0 aliphatic heterocycles. The van der Waals surface area contributed by atoms with Crippen molar-refractivity contribution in [1.29, 1.82) is 0 Å². The number of aromatic nitrogens is 2. The van der Waals surface area contributed by atoms with Crippen LogP contribution in [0.15, 0.2) is 66.7 Å². The molecule has 178 valence electrons. The first-order chi connectivity index (χ1) is 16.2. The monoisotopic (exact) mass is 467 g/mol. The van der Waals surface area contributed by atoms with Crippen molar-refractivity contribution in [3.8, 4) is 17.1 Å². The summed E-state index contributed by atoms with van der Waals surface area (Å²) in [6.45, 7) is 3.49. The molecule has 4 nitrogen and oxygen atoms in total. The summed E-state index contributed by atoms with van der Waals surface area (Å²) in [5, 5.41) is 0. The van der Waals surface area contributed by atoms with Crippen molar-refractivity contribution in [3.63, 3.8) is 0 Å². The molecule has 0 radical (unpaired) electrons. The molecule has 1 aromatic heterocycles. The standard InChI is InChI=1S/C27H28F3N3O/c1-19-8-6-10-20(16-19)26-31-24-13-12-22(34-15-7-14-32(2)3)17-25(24)33(26)18-21-9-4-5-11-23(21)27(28,29)30/h4-6,8-13,16-17H,7,14-15,18H2,1-3H3. The Bertz CT molecular complexity index is 1280. The summed E-state index contributed by atoms with van der Waals surface area (Å²) < 4.78 is 48.9. The third-order valence-corrected chi connectivity index (χ3v) is 5.67. The molecule has 0 atom stereocenters. The smallest absolute Gasteiger partial charge is 0.416 e. The largest absolute Gasteiger partial charge is 0.493 e. The second kappa shape index (κ2) is 9.89. The molecule has 34 heavy (non-hydrogen) atoms. The maximum atomic E-state index is 13.7. The first-order valence-electron chi connectivity index (χ1n) is 11.2. The fraction of sp³-hybridized carbons (Fsp3) is 0.296. The van der Waals surface area contributed by atoms with E-state index in [1.165, 1.54) is 12.1 Å². The van der Waals surface area contributed by atoms with E-state index in [0.717, 1.165) is 35.7 Å². The third-order valence-electron chi connectivity index (χ3n) is 5.67. The van der Waals surface area contributed by atoms with Crippen molar-refractivity contribution in [3.05, 3.63) is 83.4 Å². The molecule has 0 bridgehead atoms. The fourth-order valence-electron chi connectivity index (χ4n) is 4.03. The number of imidazole rings is 1. The molecular formula is C27H28F3N3O. The molecule has 0 fully saturated rings. The highest BCUT2D eigenvalue weighted by Gasteiger charge is 2.33. The minimum atomic E-state index is -4.43. The number of halogens is 3. The SMILES string of the molecule is Cc1cccc(-c2nc3ccc(OCCCN(C)C)cc3n2Cc2ccccc2C(F)(F)F)c1. The van der Waals surface area contributed by atoms with Crippen LogP contribution in [0.3, 0.4) is 0 Å². The van der Waals surface area contributed by atoms with Crippen molar-refractivity contribution in [1.82, 2.24) is 14.5 Å². The van der Waals surface area contributed by atoms with Crippen molar-refractivity contribution in [2.75, 3.05) is 27.2 Å². The Labute approximate surface area is 197 Å². The van der Waals surface area contributed by atoms with Gasteiger partial charge in [0.05, 0.1) is 29.7 Å². The highest BCUT2D eigenvalue weighted by Crippen LogP contribution is 2.34. The van der Waals surface area contributed by atoms with Gasteiger partial charge in [0.2, 0.25) is 0 Å². The Morgan fingerprint density at radius 3 is 2.50 bits per heavy atom. The topological polar surface area (TPSA) is 30.3 Å². The molecule has 0 aliphatic rings. The summed E-state index contributed by atoms with van der Waals surface area (Å²) in [6, 6.07) is 19.1. The van der Waals surface area contributed by atoms with Gasteiger partial charge in [-0.1, -0.05) is 42.0 Å². The first-order valence-corrected chi connectivity index (χ1v) is 11.2. The molecule has 0 unspecified atom stereocenters. The van der Waals surface area contributed by atoms with Crippen LogP contribution in [-0.4, -0.2) is 41.7 Å². The fourth-order valence-corrected chi connectivity index (χ4v) is 4.03. The number of hydrogen-bond donors (Lipinski definition) is 0. The summed E-state index contributed by atoms with van der Waals surface area (Å²) in [5.41, 5.74) is 2.91. The van der Waals surface area contributed by atoms with Crippen molar-refractivity contribution < 1.29 is 17.9 Å². The minimum absolute atomic E-state index is 0.0412. The van der Waals surface area contributed by atoms with Crippen molar-refractivity contribution in [2.24, 2.45) is 0 Å². The van der Waals surface area contributed by atoms with E-state index in [-0.39, 0.29) is 12.1 Å². The number of benzene rings is 3. The number of aryl methyl sites for hydroxylation is 1. The number of nitrogens with zero attached hydrogens (tertiary/aromatic N) is 3.